The molecule has 0 bridgehead atoms. The van der Waals surface area contributed by atoms with Crippen LogP contribution < -0.4 is 10.0 Å². The van der Waals surface area contributed by atoms with Gasteiger partial charge in [-0.3, -0.25) is 4.79 Å². The Labute approximate surface area is 176 Å². The molecule has 1 saturated carbocycles. The molecule has 0 radical (unpaired) electrons. The number of nitrogens with zero attached hydrogens (tertiary/aromatic N) is 2. The van der Waals surface area contributed by atoms with Gasteiger partial charge in [0.25, 0.3) is 0 Å². The number of nitrogens with one attached hydrogen (secondary N) is 2. The molecule has 30 heavy (non-hydrogen) atoms. The minimum atomic E-state index is -3.46. The molecule has 4 atom stereocenters. The normalized spacial score (nSPS) is 27.3. The maximum atomic E-state index is 13.3. The van der Waals surface area contributed by atoms with Crippen LogP contribution in [0.25, 0.3) is 11.4 Å². The Hall–Kier alpha value is -2.10. The van der Waals surface area contributed by atoms with Gasteiger partial charge >= 0.3 is 0 Å². The quantitative estimate of drug-likeness (QED) is 0.744. The first kappa shape index (κ1) is 21.1. The second kappa shape index (κ2) is 8.20. The van der Waals surface area contributed by atoms with Gasteiger partial charge < -0.3 is 9.84 Å². The molecule has 1 aromatic heterocycles. The van der Waals surface area contributed by atoms with Gasteiger partial charge in [0.05, 0.1) is 5.25 Å². The van der Waals surface area contributed by atoms with Gasteiger partial charge in [-0.05, 0) is 40.0 Å². The summed E-state index contributed by atoms with van der Waals surface area (Å²) in [5.74, 6) is -0.210. The number of hydrogen-bond acceptors (Lipinski definition) is 7. The minimum Gasteiger partial charge on any atom is -0.338 e. The van der Waals surface area contributed by atoms with E-state index in [2.05, 4.69) is 20.2 Å². The summed E-state index contributed by atoms with van der Waals surface area (Å²) >= 11 is 0. The van der Waals surface area contributed by atoms with Crippen molar-refractivity contribution in [3.8, 4) is 11.4 Å². The number of fused-ring (bicyclic) bond motifs is 1. The molecular formula is C21H28N4O4S. The van der Waals surface area contributed by atoms with Gasteiger partial charge in [0.2, 0.25) is 21.7 Å². The van der Waals surface area contributed by atoms with Gasteiger partial charge in [-0.15, -0.1) is 0 Å². The van der Waals surface area contributed by atoms with Gasteiger partial charge in [0.15, 0.2) is 5.78 Å². The maximum absolute atomic E-state index is 13.3. The number of aromatic nitrogens is 2. The highest BCUT2D eigenvalue weighted by Crippen LogP contribution is 2.36. The van der Waals surface area contributed by atoms with E-state index in [4.69, 9.17) is 4.52 Å². The van der Waals surface area contributed by atoms with Crippen LogP contribution in [-0.2, 0) is 14.8 Å². The largest absolute Gasteiger partial charge is 0.338 e. The third kappa shape index (κ3) is 4.19. The molecule has 0 spiro atoms. The van der Waals surface area contributed by atoms with Crippen molar-refractivity contribution in [2.24, 2.45) is 5.92 Å². The zero-order valence-electron chi connectivity index (χ0n) is 17.5. The fourth-order valence-electron chi connectivity index (χ4n) is 4.43. The number of piperidine rings is 1. The lowest BCUT2D eigenvalue weighted by Gasteiger charge is -2.40. The monoisotopic (exact) mass is 432 g/mol. The molecule has 4 unspecified atom stereocenters. The molecule has 2 aromatic rings. The molecule has 0 amide bonds. The van der Waals surface area contributed by atoms with Crippen LogP contribution in [0.2, 0.25) is 0 Å². The number of carbonyl (C=O) groups is 1. The first-order chi connectivity index (χ1) is 14.2. The number of aryl methyl sites for hydroxylation is 1. The first-order valence-corrected chi connectivity index (χ1v) is 12.0. The minimum absolute atomic E-state index is 0.00117. The maximum Gasteiger partial charge on any atom is 0.238 e. The summed E-state index contributed by atoms with van der Waals surface area (Å²) in [6, 6.07) is 7.60. The number of rotatable bonds is 5. The van der Waals surface area contributed by atoms with Gasteiger partial charge in [-0.25, -0.2) is 13.1 Å². The van der Waals surface area contributed by atoms with Crippen molar-refractivity contribution in [3.05, 3.63) is 35.7 Å². The summed E-state index contributed by atoms with van der Waals surface area (Å²) in [6.45, 7) is 6.03. The molecule has 162 valence electrons. The van der Waals surface area contributed by atoms with E-state index in [9.17, 15) is 13.2 Å². The number of ketones is 1. The zero-order valence-corrected chi connectivity index (χ0v) is 18.3. The van der Waals surface area contributed by atoms with E-state index >= 15 is 0 Å². The van der Waals surface area contributed by atoms with Crippen molar-refractivity contribution >= 4 is 15.8 Å². The highest BCUT2D eigenvalue weighted by molar-refractivity contribution is 7.90. The molecular weight excluding hydrogens is 404 g/mol. The topological polar surface area (TPSA) is 114 Å². The van der Waals surface area contributed by atoms with Crippen LogP contribution in [0.3, 0.4) is 0 Å². The van der Waals surface area contributed by atoms with Crippen molar-refractivity contribution in [3.63, 3.8) is 0 Å². The Bertz CT molecular complexity index is 1020. The van der Waals surface area contributed by atoms with Gasteiger partial charge in [0.1, 0.15) is 5.92 Å². The van der Waals surface area contributed by atoms with Crippen molar-refractivity contribution in [1.29, 1.82) is 0 Å². The summed E-state index contributed by atoms with van der Waals surface area (Å²) in [6.07, 6.45) is 1.52. The van der Waals surface area contributed by atoms with Crippen LogP contribution in [0.4, 0.5) is 0 Å². The van der Waals surface area contributed by atoms with E-state index in [0.29, 0.717) is 31.6 Å². The summed E-state index contributed by atoms with van der Waals surface area (Å²) < 4.78 is 33.4. The summed E-state index contributed by atoms with van der Waals surface area (Å²) in [5.41, 5.74) is 1.96. The number of Topliss-reactive ketones (excluding diaryl/α,β-unsaturated/α-hetero) is 1. The Morgan fingerprint density at radius 2 is 1.93 bits per heavy atom. The van der Waals surface area contributed by atoms with Crippen molar-refractivity contribution < 1.29 is 17.7 Å². The van der Waals surface area contributed by atoms with E-state index in [1.165, 1.54) is 0 Å². The number of sulfonamides is 1. The molecule has 1 aromatic carbocycles. The van der Waals surface area contributed by atoms with Crippen molar-refractivity contribution in [1.82, 2.24) is 20.2 Å². The highest BCUT2D eigenvalue weighted by atomic mass is 32.2. The highest BCUT2D eigenvalue weighted by Gasteiger charge is 2.46. The second-order valence-electron chi connectivity index (χ2n) is 8.65. The van der Waals surface area contributed by atoms with E-state index in [1.54, 1.807) is 13.8 Å². The first-order valence-electron chi connectivity index (χ1n) is 10.4. The average Bonchev–Trinajstić information content (AvgIpc) is 3.17. The van der Waals surface area contributed by atoms with Crippen molar-refractivity contribution in [2.45, 2.75) is 63.3 Å². The predicted octanol–water partition coefficient (Wildman–Crippen LogP) is 2.17. The molecule has 2 fully saturated rings. The summed E-state index contributed by atoms with van der Waals surface area (Å²) in [5, 5.41) is 6.89. The molecule has 2 heterocycles. The van der Waals surface area contributed by atoms with E-state index in [-0.39, 0.29) is 29.7 Å². The van der Waals surface area contributed by atoms with E-state index < -0.39 is 21.2 Å². The van der Waals surface area contributed by atoms with Crippen LogP contribution in [-0.4, -0.2) is 48.2 Å². The zero-order chi connectivity index (χ0) is 21.5. The van der Waals surface area contributed by atoms with Crippen LogP contribution in [0.15, 0.2) is 28.8 Å². The van der Waals surface area contributed by atoms with E-state index in [0.717, 1.165) is 11.1 Å². The smallest absolute Gasteiger partial charge is 0.238 e. The second-order valence-corrected chi connectivity index (χ2v) is 10.6. The van der Waals surface area contributed by atoms with Crippen LogP contribution in [0.5, 0.6) is 0 Å². The lowest BCUT2D eigenvalue weighted by molar-refractivity contribution is -0.128. The Morgan fingerprint density at radius 3 is 2.63 bits per heavy atom. The Kier molecular flexibility index (Phi) is 5.78. The molecule has 2 aliphatic rings. The molecule has 8 nitrogen and oxygen atoms in total. The van der Waals surface area contributed by atoms with Crippen molar-refractivity contribution in [2.75, 3.05) is 6.54 Å². The van der Waals surface area contributed by atoms with Crippen LogP contribution in [0, 0.1) is 12.8 Å². The molecule has 9 heteroatoms. The molecule has 2 N–H and O–H groups in total. The Balaban J connectivity index is 1.51. The fourth-order valence-corrected chi connectivity index (χ4v) is 6.19. The molecule has 4 rings (SSSR count). The Morgan fingerprint density at radius 1 is 1.20 bits per heavy atom. The number of benzene rings is 1. The lowest BCUT2D eigenvalue weighted by Crippen LogP contribution is -2.55. The number of carbonyl (C=O) groups excluding carboxylic acids is 1. The SMILES string of the molecule is Cc1ccc(-c2noc(C3CNC4CCC(S(=O)(=O)NC(C)C)CC4C3=O)n2)cc1. The predicted molar refractivity (Wildman–Crippen MR) is 112 cm³/mol. The molecule has 1 aliphatic carbocycles. The summed E-state index contributed by atoms with van der Waals surface area (Å²) in [7, 11) is -3.46. The molecule has 1 saturated heterocycles. The van der Waals surface area contributed by atoms with Gasteiger partial charge in [-0.2, -0.15) is 4.98 Å². The third-order valence-electron chi connectivity index (χ3n) is 5.98. The van der Waals surface area contributed by atoms with Gasteiger partial charge in [-0.1, -0.05) is 35.0 Å². The number of hydrogen-bond donors (Lipinski definition) is 2. The third-order valence-corrected chi connectivity index (χ3v) is 8.09. The lowest BCUT2D eigenvalue weighted by atomic mass is 9.75. The van der Waals surface area contributed by atoms with E-state index in [1.807, 2.05) is 31.2 Å². The van der Waals surface area contributed by atoms with Gasteiger partial charge in [0, 0.05) is 30.1 Å². The average molecular weight is 433 g/mol. The standard InChI is InChI=1S/C21H28N4O4S/c1-12(2)25-30(27,28)15-8-9-18-16(10-15)19(26)17(11-22-18)21-23-20(24-29-21)14-6-4-13(3)5-7-14/h4-7,12,15-18,22,25H,8-11H2,1-3H3. The molecule has 1 aliphatic heterocycles. The van der Waals surface area contributed by atoms with Crippen LogP contribution >= 0.6 is 0 Å². The summed E-state index contributed by atoms with van der Waals surface area (Å²) in [4.78, 5) is 17.7. The fraction of sp³-hybridized carbons (Fsp3) is 0.571. The van der Waals surface area contributed by atoms with Crippen LogP contribution in [0.1, 0.15) is 50.5 Å².